The summed E-state index contributed by atoms with van der Waals surface area (Å²) >= 11 is 0. The van der Waals surface area contributed by atoms with Gasteiger partial charge in [0.05, 0.1) is 80.7 Å². The number of rotatable bonds is 39. The van der Waals surface area contributed by atoms with Gasteiger partial charge >= 0.3 is 72.4 Å². The molecule has 696 valence electrons. The molecule has 2 rings (SSSR count). The van der Waals surface area contributed by atoms with Crippen molar-refractivity contribution in [2.45, 2.75) is 72.4 Å². The molecule has 61 heteroatoms. The molecule has 4 N–H and O–H groups in total. The van der Waals surface area contributed by atoms with E-state index in [0.717, 1.165) is 0 Å². The number of ether oxygens (including phenoxy) is 4. The van der Waals surface area contributed by atoms with Gasteiger partial charge in [0, 0.05) is 170 Å². The highest BCUT2D eigenvalue weighted by Gasteiger charge is 2.89. The molecule has 2 aliphatic rings. The highest BCUT2D eigenvalue weighted by atomic mass is 19.5. The summed E-state index contributed by atoms with van der Waals surface area (Å²) in [6, 6.07) is 0. The number of alkyl halides is 27. The number of aliphatic carboxylic acids is 6. The van der Waals surface area contributed by atoms with Crippen molar-refractivity contribution >= 4 is 65.4 Å². The van der Waals surface area contributed by atoms with Crippen molar-refractivity contribution in [1.82, 2.24) is 65.4 Å². The first-order valence-corrected chi connectivity index (χ1v) is 34.0. The molecule has 0 unspecified atom stereocenters. The molecule has 0 aromatic carbocycles. The third-order valence-corrected chi connectivity index (χ3v) is 17.3. The van der Waals surface area contributed by atoms with Crippen LogP contribution in [0.2, 0.25) is 0 Å². The van der Waals surface area contributed by atoms with E-state index in [0.29, 0.717) is 0 Å². The fourth-order valence-corrected chi connectivity index (χ4v) is 11.2. The van der Waals surface area contributed by atoms with E-state index in [1.807, 2.05) is 10.6 Å². The Bertz CT molecular complexity index is 2970. The molecule has 0 bridgehead atoms. The van der Waals surface area contributed by atoms with E-state index in [9.17, 15) is 202 Å². The third-order valence-electron chi connectivity index (χ3n) is 17.3. The summed E-state index contributed by atoms with van der Waals surface area (Å²) in [6.07, 6.45) is -75.0. The fourth-order valence-electron chi connectivity index (χ4n) is 11.2. The molecular formula is C59H74F27N13O21-6. The summed E-state index contributed by atoms with van der Waals surface area (Å²) in [4.78, 5) is 147. The molecule has 0 atom stereocenters. The molecule has 0 spiro atoms. The van der Waals surface area contributed by atoms with Gasteiger partial charge in [0.2, 0.25) is 29.5 Å². The molecule has 2 fully saturated rings. The van der Waals surface area contributed by atoms with Gasteiger partial charge < -0.3 is 105 Å². The Balaban J connectivity index is 2.84. The van der Waals surface area contributed by atoms with Crippen LogP contribution in [0.15, 0.2) is 0 Å². The molecule has 5 amide bonds. The number of nitrogens with one attached hydrogen (secondary N) is 4. The second-order valence-corrected chi connectivity index (χ2v) is 26.5. The maximum Gasteiger partial charge on any atom is 0.435 e. The minimum absolute atomic E-state index is 0.158. The molecule has 120 heavy (non-hydrogen) atoms. The van der Waals surface area contributed by atoms with Gasteiger partial charge in [-0.05, 0) is 0 Å². The minimum atomic E-state index is -8.33. The average molecular weight is 1810 g/mol. The van der Waals surface area contributed by atoms with Crippen molar-refractivity contribution in [3.8, 4) is 0 Å². The van der Waals surface area contributed by atoms with E-state index >= 15 is 0 Å². The SMILES string of the molecule is O=C([O-])CN1CCN(CC(=O)[O-])CCN(CC(=O)NCCNC(=O)CN(CC(=O)NCCNC(=O)CN2CCN(CC(=O)[O-])CCN(CC(=O)[O-])CCN(CC(=O)[O-])CC2)C(=O)COCC(COC(C(F)(F)F)(C(F)(F)F)C(F)(F)F)(COC(C(F)(F)F)(C(F)(F)F)C(F)(F)F)COC(C(F)(F)F)(C(F)(F)F)C(F)(F)F)CCN(CC(=O)[O-])CC1. The lowest BCUT2D eigenvalue weighted by Gasteiger charge is -2.45. The lowest BCUT2D eigenvalue weighted by molar-refractivity contribution is -0.474. The van der Waals surface area contributed by atoms with Crippen LogP contribution in [0, 0.1) is 5.41 Å². The molecule has 0 aliphatic carbocycles. The number of amides is 5. The number of carboxylic acid groups (broad SMARTS) is 6. The maximum atomic E-state index is 14.3. The molecule has 2 aliphatic heterocycles. The normalized spacial score (nSPS) is 17.3. The first kappa shape index (κ1) is 108. The number of hydrogen-bond donors (Lipinski definition) is 4. The maximum absolute atomic E-state index is 14.3. The fraction of sp³-hybridized carbons (Fsp3) is 0.814. The van der Waals surface area contributed by atoms with Gasteiger partial charge in [-0.25, -0.2) is 0 Å². The van der Waals surface area contributed by atoms with E-state index in [1.54, 1.807) is 0 Å². The molecule has 34 nitrogen and oxygen atoms in total. The summed E-state index contributed by atoms with van der Waals surface area (Å²) in [5, 5.41) is 77.5. The van der Waals surface area contributed by atoms with Gasteiger partial charge in [-0.3, -0.25) is 63.2 Å². The quantitative estimate of drug-likeness (QED) is 0.0328. The first-order chi connectivity index (χ1) is 54.6. The smallest absolute Gasteiger partial charge is 0.435 e. The van der Waals surface area contributed by atoms with E-state index in [2.05, 4.69) is 29.6 Å². The minimum Gasteiger partial charge on any atom is -0.549 e. The lowest BCUT2D eigenvalue weighted by atomic mass is 9.89. The Morgan fingerprint density at radius 1 is 0.258 bits per heavy atom. The van der Waals surface area contributed by atoms with Crippen LogP contribution in [0.3, 0.4) is 0 Å². The monoisotopic (exact) mass is 1810 g/mol. The predicted molar refractivity (Wildman–Crippen MR) is 324 cm³/mol. The van der Waals surface area contributed by atoms with Crippen molar-refractivity contribution in [3.63, 3.8) is 0 Å². The topological polar surface area (TPSA) is 440 Å². The van der Waals surface area contributed by atoms with Crippen LogP contribution in [0.5, 0.6) is 0 Å². The number of halogens is 27. The van der Waals surface area contributed by atoms with Gasteiger partial charge in [0.15, 0.2) is 0 Å². The molecular weight excluding hydrogens is 1740 g/mol. The average Bonchev–Trinajstić information content (AvgIpc) is 0.728. The molecule has 0 saturated carbocycles. The first-order valence-electron chi connectivity index (χ1n) is 34.0. The van der Waals surface area contributed by atoms with Crippen molar-refractivity contribution in [3.05, 3.63) is 0 Å². The zero-order valence-electron chi connectivity index (χ0n) is 61.6. The van der Waals surface area contributed by atoms with Crippen LogP contribution < -0.4 is 51.9 Å². The molecule has 0 aromatic heterocycles. The molecule has 0 aromatic rings. The number of nitrogens with zero attached hydrogens (tertiary/aromatic N) is 9. The largest absolute Gasteiger partial charge is 0.549 e. The van der Waals surface area contributed by atoms with Gasteiger partial charge in [-0.1, -0.05) is 0 Å². The van der Waals surface area contributed by atoms with Crippen molar-refractivity contribution in [2.75, 3.05) is 229 Å². The van der Waals surface area contributed by atoms with Crippen LogP contribution in [0.4, 0.5) is 119 Å². The van der Waals surface area contributed by atoms with Gasteiger partial charge in [0.1, 0.15) is 19.7 Å². The van der Waals surface area contributed by atoms with E-state index in [1.165, 1.54) is 39.2 Å². The Morgan fingerprint density at radius 3 is 0.592 bits per heavy atom. The lowest BCUT2D eigenvalue weighted by Crippen LogP contribution is -2.71. The summed E-state index contributed by atoms with van der Waals surface area (Å²) in [7, 11) is 0. The second-order valence-electron chi connectivity index (χ2n) is 26.5. The van der Waals surface area contributed by atoms with E-state index in [-0.39, 0.29) is 110 Å². The van der Waals surface area contributed by atoms with E-state index in [4.69, 9.17) is 0 Å². The Kier molecular flexibility index (Phi) is 40.2. The number of hydrogen-bond acceptors (Lipinski definition) is 29. The van der Waals surface area contributed by atoms with Crippen LogP contribution >= 0.6 is 0 Å². The third kappa shape index (κ3) is 32.9. The zero-order chi connectivity index (χ0) is 92.5. The summed E-state index contributed by atoms with van der Waals surface area (Å²) in [6.45, 7) is -35.4. The molecule has 2 saturated heterocycles. The number of carboxylic acids is 6. The number of carbonyl (C=O) groups is 11. The van der Waals surface area contributed by atoms with Crippen LogP contribution in [-0.4, -0.2) is 411 Å². The summed E-state index contributed by atoms with van der Waals surface area (Å²) in [5.74, 6) is -17.5. The van der Waals surface area contributed by atoms with Crippen molar-refractivity contribution in [1.29, 1.82) is 0 Å². The van der Waals surface area contributed by atoms with Gasteiger partial charge in [-0.2, -0.15) is 119 Å². The highest BCUT2D eigenvalue weighted by molar-refractivity contribution is 5.89. The predicted octanol–water partition coefficient (Wildman–Crippen LogP) is -7.45. The van der Waals surface area contributed by atoms with Crippen molar-refractivity contribution in [2.24, 2.45) is 5.41 Å². The summed E-state index contributed by atoms with van der Waals surface area (Å²) in [5.41, 5.74) is -30.4. The standard InChI is InChI=1S/C59H80F27N13O21/c60-51(61,62)48(52(63,64)65,53(66,67)68)118-33-47(34-119-49(54(69,70)71,55(72,73)74)56(75,76)77,35-120-50(57(78,79)80,58(81,82)83)59(84,85)86)32-117-31-40(104)99(23-38(102)89-3-1-87-36(100)21-91-5-9-93(25-41(105)106)13-17-97(29-45(113)114)18-14-94(10-6-91)26-42(107)108)24-39(103)90-4-2-88-37(101)22-92-7-11-95(27-43(109)110)15-19-98(30-46(115)116)20-16-96(12-8-92)28-44(111)112/h1-35H2,(H,87,100)(H,88,101)(H,89,102)(H,90,103)(H,105,106)(H,107,108)(H,109,110)(H,111,112)(H,113,114)(H,115,116)/p-6. The Hall–Kier alpha value is -8.20. The number of carbonyl (C=O) groups excluding carboxylic acids is 11. The van der Waals surface area contributed by atoms with Crippen LogP contribution in [0.25, 0.3) is 0 Å². The van der Waals surface area contributed by atoms with Crippen LogP contribution in [-0.2, 0) is 71.7 Å². The second kappa shape index (κ2) is 44.7. The van der Waals surface area contributed by atoms with Crippen molar-refractivity contribution < 1.29 is 221 Å². The van der Waals surface area contributed by atoms with Gasteiger partial charge in [-0.15, -0.1) is 0 Å². The van der Waals surface area contributed by atoms with Gasteiger partial charge in [0.25, 0.3) is 0 Å². The molecule has 2 heterocycles. The van der Waals surface area contributed by atoms with Crippen LogP contribution in [0.1, 0.15) is 0 Å². The highest BCUT2D eigenvalue weighted by Crippen LogP contribution is 2.59. The summed E-state index contributed by atoms with van der Waals surface area (Å²) < 4.78 is 398. The Labute approximate surface area is 657 Å². The van der Waals surface area contributed by atoms with E-state index < -0.39 is 268 Å². The zero-order valence-corrected chi connectivity index (χ0v) is 61.6. The Morgan fingerprint density at radius 2 is 0.425 bits per heavy atom. The molecule has 0 radical (unpaired) electrons.